The first kappa shape index (κ1) is 68.3. The van der Waals surface area contributed by atoms with Crippen LogP contribution in [-0.2, 0) is 58.4 Å². The molecule has 0 spiro atoms. The maximum Gasteiger partial charge on any atom is 1.00 e. The number of benzene rings is 7. The van der Waals surface area contributed by atoms with Gasteiger partial charge in [0.05, 0.1) is 27.1 Å². The summed E-state index contributed by atoms with van der Waals surface area (Å²) in [5.41, 5.74) is 25.1. The molecule has 8 aliphatic carbocycles. The Morgan fingerprint density at radius 1 is 0.794 bits per heavy atom. The van der Waals surface area contributed by atoms with Crippen LogP contribution in [0, 0.1) is 65.1 Å². The molecule has 20 unspecified atom stereocenters. The molecule has 13 aliphatic rings. The number of guanidine groups is 1. The Bertz CT molecular complexity index is 4810. The number of aryl methyl sites for hydroxylation is 2. The number of aliphatic imine (C=N–C) groups is 1. The normalized spacial score (nSPS) is 34.8. The standard InChI is InChI=1S/C87H92N4O9S.Na/c1-48-14-15-54-40-64-24-27-66(54)71(48)45-79(101(96,97)98)72-42-60-38-59(41-65-34-50(47-92)10-6-11-52-39-63(93)23-26-70(52)83(60)99-65)80(72)51-16-21-62(22-17-51)87(100-64,91-84(88)89)77-44-57-20-30-75-67(28-31-74(57)86(75,95)76(77)35-49-8-4-3-5-9-49)53-19-29-73-56(36-53)18-25-69-61(46-90-2)37-58-12-7-13-68-55-32-33-85(73,94)78(43-55)82(69)81(58)68;/h3-5,7-9,12-13,16-17,19-24,26-27,29-30,32-33,36-37,39-40,42,48,50,55,57,59,65,67,71-72,74-80,83,90,92-95H,10,14-15,18,25,28,31,34-35,38,41,43-47H2,1-2H3,(H4,88,89,91)(H,96,97,98);/q;+1/p-1. The van der Waals surface area contributed by atoms with Crippen molar-refractivity contribution in [3.05, 3.63) is 247 Å². The van der Waals surface area contributed by atoms with Gasteiger partial charge in [-0.3, -0.25) is 0 Å². The largest absolute Gasteiger partial charge is 1.00 e. The molecule has 102 heavy (non-hydrogen) atoms. The van der Waals surface area contributed by atoms with Crippen molar-refractivity contribution in [1.82, 2.24) is 5.32 Å². The molecule has 2 saturated carbocycles. The number of fused-ring (bicyclic) bond motifs is 12. The molecule has 20 rings (SSSR count). The van der Waals surface area contributed by atoms with Gasteiger partial charge in [0.15, 0.2) is 5.96 Å². The Balaban J connectivity index is 0.00000774. The van der Waals surface area contributed by atoms with E-state index in [1.165, 1.54) is 33.0 Å². The van der Waals surface area contributed by atoms with Gasteiger partial charge in [-0.15, -0.1) is 0 Å². The number of phenols is 1. The van der Waals surface area contributed by atoms with Crippen molar-refractivity contribution in [2.75, 3.05) is 13.7 Å². The van der Waals surface area contributed by atoms with Gasteiger partial charge in [-0.1, -0.05) is 152 Å². The summed E-state index contributed by atoms with van der Waals surface area (Å²) >= 11 is 0. The Labute approximate surface area is 621 Å². The van der Waals surface area contributed by atoms with Crippen molar-refractivity contribution in [3.8, 4) is 23.3 Å². The molecule has 7 aromatic carbocycles. The fourth-order valence-corrected chi connectivity index (χ4v) is 23.9. The number of ether oxygens (including phenoxy) is 2. The van der Waals surface area contributed by atoms with Crippen molar-refractivity contribution >= 4 is 26.9 Å². The number of nitrogens with one attached hydrogen (secondary N) is 1. The van der Waals surface area contributed by atoms with Gasteiger partial charge in [0.1, 0.15) is 23.2 Å². The monoisotopic (exact) mass is 1390 g/mol. The van der Waals surface area contributed by atoms with Gasteiger partial charge >= 0.3 is 29.6 Å². The van der Waals surface area contributed by atoms with E-state index in [1.54, 1.807) is 12.1 Å². The second kappa shape index (κ2) is 26.0. The molecule has 5 aliphatic heterocycles. The number of hydrogen-bond acceptors (Lipinski definition) is 11. The summed E-state index contributed by atoms with van der Waals surface area (Å²) in [7, 11) is -2.98. The first-order valence-corrected chi connectivity index (χ1v) is 38.8. The van der Waals surface area contributed by atoms with E-state index < -0.39 is 62.1 Å². The van der Waals surface area contributed by atoms with Crippen molar-refractivity contribution < 1.29 is 72.4 Å². The number of nitrogens with two attached hydrogens (primary N) is 2. The van der Waals surface area contributed by atoms with E-state index in [1.807, 2.05) is 25.2 Å². The topological polar surface area (TPSA) is 233 Å². The average molecular weight is 1390 g/mol. The van der Waals surface area contributed by atoms with Gasteiger partial charge in [-0.25, -0.2) is 13.4 Å². The van der Waals surface area contributed by atoms with Crippen molar-refractivity contribution in [2.24, 2.45) is 69.7 Å². The van der Waals surface area contributed by atoms with Crippen LogP contribution in [0.25, 0.3) is 10.8 Å². The zero-order valence-electron chi connectivity index (χ0n) is 58.6. The molecule has 20 atom stereocenters. The fraction of sp³-hybridized carbons (Fsp3) is 0.437. The SMILES string of the molecule is CNCc1cc2cccc3c2c2c1CCc1cc(C4CCC5C6C=CC4C5(O)C(Cc4ccccc4)C(C4(N=C(N)N)Oc5ccc7c(c5)CCC(C)C7CC(S(=O)(=O)[O-])C5C=C7CC(CC8CC(CO)CC#Cc9cc(O)ccc9C7O8)C5c5ccc4cc5)C6)ccc1C1(O)C=CC3CC21.[Na+]. The molecular formula is C87H91N4NaO9S. The van der Waals surface area contributed by atoms with Crippen LogP contribution in [0.15, 0.2) is 174 Å². The number of allylic oxidation sites excluding steroid dienone is 3. The quantitative estimate of drug-likeness (QED) is 0.0179. The number of phenolic OH excluding ortho intramolecular Hbond substituents is 1. The summed E-state index contributed by atoms with van der Waals surface area (Å²) in [6, 6.07) is 46.1. The summed E-state index contributed by atoms with van der Waals surface area (Å²) in [6.45, 7) is 2.82. The van der Waals surface area contributed by atoms with Crippen LogP contribution < -0.4 is 51.1 Å². The molecule has 5 heterocycles. The van der Waals surface area contributed by atoms with Crippen LogP contribution in [0.3, 0.4) is 0 Å². The minimum absolute atomic E-state index is 0. The van der Waals surface area contributed by atoms with E-state index >= 15 is 5.11 Å². The molecule has 16 bridgehead atoms. The minimum Gasteiger partial charge on any atom is -0.748 e. The van der Waals surface area contributed by atoms with Gasteiger partial charge in [0.25, 0.3) is 0 Å². The molecule has 0 aromatic heterocycles. The Hall–Kier alpha value is -6.84. The Morgan fingerprint density at radius 2 is 1.62 bits per heavy atom. The summed E-state index contributed by atoms with van der Waals surface area (Å²) < 4.78 is 59.0. The summed E-state index contributed by atoms with van der Waals surface area (Å²) in [5.74, 6) is 3.64. The molecule has 1 saturated heterocycles. The zero-order valence-corrected chi connectivity index (χ0v) is 61.4. The van der Waals surface area contributed by atoms with Crippen LogP contribution in [0.4, 0.5) is 0 Å². The van der Waals surface area contributed by atoms with E-state index in [0.29, 0.717) is 61.8 Å². The average Bonchev–Trinajstić information content (AvgIpc) is 0.747. The molecule has 9 N–H and O–H groups in total. The third-order valence-corrected chi connectivity index (χ3v) is 28.4. The molecule has 3 fully saturated rings. The number of hydrogen-bond donors (Lipinski definition) is 7. The Morgan fingerprint density at radius 3 is 2.42 bits per heavy atom. The van der Waals surface area contributed by atoms with Gasteiger partial charge < -0.3 is 51.2 Å². The van der Waals surface area contributed by atoms with E-state index in [2.05, 4.69) is 158 Å². The van der Waals surface area contributed by atoms with Crippen molar-refractivity contribution in [3.63, 3.8) is 0 Å². The van der Waals surface area contributed by atoms with Crippen LogP contribution in [0.2, 0.25) is 0 Å². The van der Waals surface area contributed by atoms with Crippen LogP contribution in [0.5, 0.6) is 11.5 Å². The maximum absolute atomic E-state index is 15.0. The molecular weight excluding hydrogens is 1300 g/mol. The third-order valence-electron chi connectivity index (χ3n) is 27.1. The van der Waals surface area contributed by atoms with Gasteiger partial charge in [0, 0.05) is 65.9 Å². The second-order valence-corrected chi connectivity index (χ2v) is 33.8. The first-order valence-electron chi connectivity index (χ1n) is 37.4. The summed E-state index contributed by atoms with van der Waals surface area (Å²) in [5, 5.41) is 55.0. The van der Waals surface area contributed by atoms with Gasteiger partial charge in [-0.2, -0.15) is 0 Å². The summed E-state index contributed by atoms with van der Waals surface area (Å²) in [4.78, 5) is 5.49. The number of rotatable bonds is 9. The number of aliphatic hydroxyl groups is 3. The van der Waals surface area contributed by atoms with Gasteiger partial charge in [-0.05, 0) is 252 Å². The third kappa shape index (κ3) is 11.1. The molecule has 15 heteroatoms. The van der Waals surface area contributed by atoms with Crippen LogP contribution >= 0.6 is 0 Å². The smallest absolute Gasteiger partial charge is 0.748 e. The number of nitrogens with zero attached hydrogens (tertiary/aromatic N) is 1. The summed E-state index contributed by atoms with van der Waals surface area (Å²) in [6.07, 6.45) is 19.0. The molecule has 13 nitrogen and oxygen atoms in total. The van der Waals surface area contributed by atoms with Crippen LogP contribution in [-0.4, -0.2) is 70.0 Å². The minimum atomic E-state index is -5.00. The molecule has 0 radical (unpaired) electrons. The predicted octanol–water partition coefficient (Wildman–Crippen LogP) is 10.4. The molecule has 7 aromatic rings. The van der Waals surface area contributed by atoms with Crippen molar-refractivity contribution in [1.29, 1.82) is 0 Å². The van der Waals surface area contributed by atoms with E-state index in [0.717, 1.165) is 95.2 Å². The molecule has 520 valence electrons. The van der Waals surface area contributed by atoms with Gasteiger partial charge in [0.2, 0.25) is 5.72 Å². The zero-order chi connectivity index (χ0) is 69.0. The molecule has 0 amide bonds. The second-order valence-electron chi connectivity index (χ2n) is 32.2. The Kier molecular flexibility index (Phi) is 17.4. The fourth-order valence-electron chi connectivity index (χ4n) is 22.8. The van der Waals surface area contributed by atoms with E-state index in [9.17, 15) is 28.3 Å². The predicted molar refractivity (Wildman–Crippen MR) is 391 cm³/mol. The van der Waals surface area contributed by atoms with Crippen molar-refractivity contribution in [2.45, 2.75) is 167 Å². The number of aromatic hydroxyl groups is 1. The maximum atomic E-state index is 15.0. The van der Waals surface area contributed by atoms with Crippen LogP contribution in [0.1, 0.15) is 185 Å². The van der Waals surface area contributed by atoms with E-state index in [4.69, 9.17) is 25.9 Å². The number of aliphatic hydroxyl groups excluding tert-OH is 1. The first-order chi connectivity index (χ1) is 48.9. The van der Waals surface area contributed by atoms with E-state index in [-0.39, 0.29) is 120 Å².